The van der Waals surface area contributed by atoms with Crippen LogP contribution in [0.15, 0.2) is 24.3 Å². The Morgan fingerprint density at radius 1 is 1.42 bits per heavy atom. The number of amides is 1. The van der Waals surface area contributed by atoms with Crippen LogP contribution in [-0.2, 0) is 16.1 Å². The van der Waals surface area contributed by atoms with Crippen molar-refractivity contribution in [1.29, 1.82) is 0 Å². The zero-order valence-corrected chi connectivity index (χ0v) is 13.0. The number of para-hydroxylation sites is 1. The van der Waals surface area contributed by atoms with Crippen molar-refractivity contribution in [3.8, 4) is 0 Å². The predicted molar refractivity (Wildman–Crippen MR) is 78.1 cm³/mol. The fraction of sp³-hybridized carbons (Fsp3) is 0.533. The van der Waals surface area contributed by atoms with Gasteiger partial charge in [-0.1, -0.05) is 18.2 Å². The van der Waals surface area contributed by atoms with Gasteiger partial charge in [-0.25, -0.2) is 0 Å². The molecule has 9 heteroatoms. The molecule has 0 bridgehead atoms. The molecule has 2 unspecified atom stereocenters. The van der Waals surface area contributed by atoms with E-state index in [1.165, 1.54) is 24.3 Å². The number of halogens is 3. The number of nitro benzene ring substituents is 1. The van der Waals surface area contributed by atoms with E-state index in [2.05, 4.69) is 0 Å². The van der Waals surface area contributed by atoms with E-state index in [1.54, 1.807) is 6.92 Å². The number of hydrogen-bond acceptors (Lipinski definition) is 4. The minimum atomic E-state index is -4.60. The number of carbonyl (C=O) groups excluding carboxylic acids is 1. The van der Waals surface area contributed by atoms with Gasteiger partial charge in [0.15, 0.2) is 0 Å². The molecule has 2 rings (SSSR count). The fourth-order valence-corrected chi connectivity index (χ4v) is 2.75. The van der Waals surface area contributed by atoms with E-state index in [0.29, 0.717) is 17.9 Å². The molecule has 0 aromatic heterocycles. The highest BCUT2D eigenvalue weighted by Gasteiger charge is 2.39. The molecule has 1 aromatic carbocycles. The van der Waals surface area contributed by atoms with Gasteiger partial charge in [0.2, 0.25) is 5.91 Å². The molecule has 1 aliphatic rings. The highest BCUT2D eigenvalue weighted by molar-refractivity contribution is 5.80. The van der Waals surface area contributed by atoms with Crippen molar-refractivity contribution >= 4 is 11.6 Å². The fourth-order valence-electron chi connectivity index (χ4n) is 2.75. The van der Waals surface area contributed by atoms with E-state index in [9.17, 15) is 28.1 Å². The summed E-state index contributed by atoms with van der Waals surface area (Å²) in [6.07, 6.45) is -4.73. The molecule has 1 fully saturated rings. The number of hydrogen-bond donors (Lipinski definition) is 0. The molecule has 0 radical (unpaired) electrons. The number of rotatable bonds is 5. The highest BCUT2D eigenvalue weighted by Crippen LogP contribution is 2.28. The van der Waals surface area contributed by atoms with Crippen LogP contribution >= 0.6 is 0 Å². The highest BCUT2D eigenvalue weighted by atomic mass is 19.4. The van der Waals surface area contributed by atoms with Gasteiger partial charge in [0.1, 0.15) is 6.54 Å². The molecule has 1 aromatic rings. The maximum Gasteiger partial charge on any atom is 0.406 e. The molecule has 6 nitrogen and oxygen atoms in total. The van der Waals surface area contributed by atoms with Gasteiger partial charge in [0.05, 0.1) is 23.5 Å². The lowest BCUT2D eigenvalue weighted by molar-refractivity contribution is -0.385. The first-order valence-electron chi connectivity index (χ1n) is 7.38. The number of ether oxygens (including phenoxy) is 1. The van der Waals surface area contributed by atoms with Crippen molar-refractivity contribution in [3.05, 3.63) is 39.9 Å². The SMILES string of the molecule is CC1OCCC1C(=O)N(Cc1ccccc1[N+](=O)[O-])CC(F)(F)F. The largest absolute Gasteiger partial charge is 0.406 e. The first kappa shape index (κ1) is 18.2. The lowest BCUT2D eigenvalue weighted by atomic mass is 10.0. The molecular formula is C15H17F3N2O4. The summed E-state index contributed by atoms with van der Waals surface area (Å²) in [5.41, 5.74) is -0.250. The summed E-state index contributed by atoms with van der Waals surface area (Å²) in [6, 6.07) is 5.46. The van der Waals surface area contributed by atoms with Crippen LogP contribution in [0.4, 0.5) is 18.9 Å². The molecule has 1 aliphatic heterocycles. The van der Waals surface area contributed by atoms with Gasteiger partial charge in [0.25, 0.3) is 5.69 Å². The molecule has 0 aliphatic carbocycles. The smallest absolute Gasteiger partial charge is 0.378 e. The first-order chi connectivity index (χ1) is 11.2. The third kappa shape index (κ3) is 4.44. The van der Waals surface area contributed by atoms with Crippen molar-refractivity contribution in [1.82, 2.24) is 4.90 Å². The molecule has 2 atom stereocenters. The van der Waals surface area contributed by atoms with Crippen LogP contribution in [0.1, 0.15) is 18.9 Å². The predicted octanol–water partition coefficient (Wildman–Crippen LogP) is 2.91. The number of nitro groups is 1. The Morgan fingerprint density at radius 3 is 2.62 bits per heavy atom. The van der Waals surface area contributed by atoms with Gasteiger partial charge in [-0.3, -0.25) is 14.9 Å². The van der Waals surface area contributed by atoms with Gasteiger partial charge in [-0.15, -0.1) is 0 Å². The van der Waals surface area contributed by atoms with Gasteiger partial charge in [0, 0.05) is 18.2 Å². The zero-order chi connectivity index (χ0) is 17.9. The van der Waals surface area contributed by atoms with E-state index in [1.807, 2.05) is 0 Å². The summed E-state index contributed by atoms with van der Waals surface area (Å²) in [4.78, 5) is 23.5. The van der Waals surface area contributed by atoms with Gasteiger partial charge >= 0.3 is 6.18 Å². The van der Waals surface area contributed by atoms with Gasteiger partial charge < -0.3 is 9.64 Å². The van der Waals surface area contributed by atoms with Crippen LogP contribution in [0.2, 0.25) is 0 Å². The summed E-state index contributed by atoms with van der Waals surface area (Å²) in [7, 11) is 0. The number of benzene rings is 1. The Labute approximate surface area is 136 Å². The quantitative estimate of drug-likeness (QED) is 0.607. The average molecular weight is 346 g/mol. The standard InChI is InChI=1S/C15H17F3N2O4/c1-10-12(6-7-24-10)14(21)19(9-15(16,17)18)8-11-4-2-3-5-13(11)20(22)23/h2-5,10,12H,6-9H2,1H3. The minimum absolute atomic E-state index is 0.0617. The maximum absolute atomic E-state index is 12.9. The van der Waals surface area contributed by atoms with E-state index in [4.69, 9.17) is 4.74 Å². The molecule has 1 amide bonds. The molecule has 132 valence electrons. The minimum Gasteiger partial charge on any atom is -0.378 e. The Bertz CT molecular complexity index is 621. The topological polar surface area (TPSA) is 72.7 Å². The number of nitrogens with zero attached hydrogens (tertiary/aromatic N) is 2. The molecule has 0 saturated carbocycles. The third-order valence-electron chi connectivity index (χ3n) is 3.92. The molecule has 0 N–H and O–H groups in total. The summed E-state index contributed by atoms with van der Waals surface area (Å²) >= 11 is 0. The summed E-state index contributed by atoms with van der Waals surface area (Å²) < 4.78 is 43.8. The molecular weight excluding hydrogens is 329 g/mol. The van der Waals surface area contributed by atoms with Crippen LogP contribution < -0.4 is 0 Å². The molecule has 1 saturated heterocycles. The van der Waals surface area contributed by atoms with E-state index >= 15 is 0 Å². The van der Waals surface area contributed by atoms with Crippen molar-refractivity contribution in [2.45, 2.75) is 32.2 Å². The average Bonchev–Trinajstić information content (AvgIpc) is 2.91. The van der Waals surface area contributed by atoms with Crippen molar-refractivity contribution in [2.24, 2.45) is 5.92 Å². The number of alkyl halides is 3. The Balaban J connectivity index is 2.27. The van der Waals surface area contributed by atoms with Crippen molar-refractivity contribution < 1.29 is 27.6 Å². The van der Waals surface area contributed by atoms with Crippen LogP contribution in [0.25, 0.3) is 0 Å². The Morgan fingerprint density at radius 2 is 2.08 bits per heavy atom. The lowest BCUT2D eigenvalue weighted by Crippen LogP contribution is -2.43. The molecule has 1 heterocycles. The van der Waals surface area contributed by atoms with E-state index in [0.717, 1.165) is 0 Å². The normalized spacial score (nSPS) is 20.8. The second-order valence-corrected chi connectivity index (χ2v) is 5.67. The first-order valence-corrected chi connectivity index (χ1v) is 7.38. The van der Waals surface area contributed by atoms with E-state index < -0.39 is 42.1 Å². The molecule has 24 heavy (non-hydrogen) atoms. The molecule has 0 spiro atoms. The Kier molecular flexibility index (Phi) is 5.43. The van der Waals surface area contributed by atoms with Crippen molar-refractivity contribution in [2.75, 3.05) is 13.2 Å². The second kappa shape index (κ2) is 7.16. The van der Waals surface area contributed by atoms with Crippen LogP contribution in [0.5, 0.6) is 0 Å². The van der Waals surface area contributed by atoms with Gasteiger partial charge in [-0.2, -0.15) is 13.2 Å². The lowest BCUT2D eigenvalue weighted by Gasteiger charge is -2.27. The van der Waals surface area contributed by atoms with Crippen LogP contribution in [0, 0.1) is 16.0 Å². The van der Waals surface area contributed by atoms with E-state index in [-0.39, 0.29) is 11.3 Å². The van der Waals surface area contributed by atoms with Gasteiger partial charge in [-0.05, 0) is 13.3 Å². The summed E-state index contributed by atoms with van der Waals surface area (Å²) in [5.74, 6) is -1.37. The maximum atomic E-state index is 12.9. The summed E-state index contributed by atoms with van der Waals surface area (Å²) in [5, 5.41) is 11.0. The zero-order valence-electron chi connectivity index (χ0n) is 13.0. The Hall–Kier alpha value is -2.16. The number of carbonyl (C=O) groups is 1. The van der Waals surface area contributed by atoms with Crippen LogP contribution in [-0.4, -0.2) is 41.2 Å². The third-order valence-corrected chi connectivity index (χ3v) is 3.92. The summed E-state index contributed by atoms with van der Waals surface area (Å²) in [6.45, 7) is 0.00897. The van der Waals surface area contributed by atoms with Crippen LogP contribution in [0.3, 0.4) is 0 Å². The monoisotopic (exact) mass is 346 g/mol. The van der Waals surface area contributed by atoms with Crippen molar-refractivity contribution in [3.63, 3.8) is 0 Å². The second-order valence-electron chi connectivity index (χ2n) is 5.67.